The van der Waals surface area contributed by atoms with Gasteiger partial charge in [0, 0.05) is 0 Å². The molecule has 1 aromatic heterocycles. The quantitative estimate of drug-likeness (QED) is 0.643. The van der Waals surface area contributed by atoms with Crippen molar-refractivity contribution in [2.75, 3.05) is 0 Å². The molecule has 2 unspecified atom stereocenters. The van der Waals surface area contributed by atoms with Crippen LogP contribution in [0.25, 0.3) is 6.08 Å². The van der Waals surface area contributed by atoms with E-state index < -0.39 is 0 Å². The van der Waals surface area contributed by atoms with Gasteiger partial charge < -0.3 is 9.73 Å². The fourth-order valence-electron chi connectivity index (χ4n) is 1.83. The molecule has 0 amide bonds. The number of oxazole rings is 1. The van der Waals surface area contributed by atoms with E-state index in [1.807, 2.05) is 13.0 Å². The van der Waals surface area contributed by atoms with E-state index in [0.29, 0.717) is 0 Å². The standard InChI is InChI=1S/C9H9N3O/c1-5-11-6-2-3-7-9(8(6)12-5)13-4-10-7/h2-4,6,8H,1H3,(H,11,12). The summed E-state index contributed by atoms with van der Waals surface area (Å²) in [5, 5.41) is 3.26. The third-order valence-corrected chi connectivity index (χ3v) is 2.40. The molecule has 2 aliphatic rings. The number of aromatic nitrogens is 1. The smallest absolute Gasteiger partial charge is 0.181 e. The van der Waals surface area contributed by atoms with Gasteiger partial charge in [-0.1, -0.05) is 6.08 Å². The fourth-order valence-corrected chi connectivity index (χ4v) is 1.83. The van der Waals surface area contributed by atoms with E-state index in [4.69, 9.17) is 4.42 Å². The molecule has 4 nitrogen and oxygen atoms in total. The van der Waals surface area contributed by atoms with Crippen LogP contribution in [-0.4, -0.2) is 16.9 Å². The van der Waals surface area contributed by atoms with Crippen molar-refractivity contribution in [2.24, 2.45) is 4.99 Å². The molecule has 1 N–H and O–H groups in total. The van der Waals surface area contributed by atoms with Crippen molar-refractivity contribution in [3.8, 4) is 0 Å². The third kappa shape index (κ3) is 0.854. The molecule has 13 heavy (non-hydrogen) atoms. The van der Waals surface area contributed by atoms with Crippen LogP contribution in [0.5, 0.6) is 0 Å². The molecule has 0 aromatic carbocycles. The largest absolute Gasteiger partial charge is 0.445 e. The minimum atomic E-state index is 0.0856. The zero-order valence-corrected chi connectivity index (χ0v) is 7.19. The predicted octanol–water partition coefficient (Wildman–Crippen LogP) is 1.13. The van der Waals surface area contributed by atoms with Crippen molar-refractivity contribution < 1.29 is 4.42 Å². The van der Waals surface area contributed by atoms with Gasteiger partial charge in [0.15, 0.2) is 12.2 Å². The molecule has 1 aromatic rings. The molecule has 1 aliphatic carbocycles. The van der Waals surface area contributed by atoms with E-state index in [1.165, 1.54) is 6.39 Å². The second-order valence-electron chi connectivity index (χ2n) is 3.29. The Hall–Kier alpha value is -1.58. The maximum absolute atomic E-state index is 5.31. The van der Waals surface area contributed by atoms with Crippen LogP contribution in [0.3, 0.4) is 0 Å². The van der Waals surface area contributed by atoms with Gasteiger partial charge in [0.25, 0.3) is 0 Å². The number of amidine groups is 1. The van der Waals surface area contributed by atoms with Gasteiger partial charge in [0.2, 0.25) is 0 Å². The first-order chi connectivity index (χ1) is 6.34. The number of hydrogen-bond donors (Lipinski definition) is 1. The molecule has 66 valence electrons. The number of nitrogens with zero attached hydrogens (tertiary/aromatic N) is 2. The lowest BCUT2D eigenvalue weighted by molar-refractivity contribution is 0.446. The Bertz CT molecular complexity index is 405. The maximum Gasteiger partial charge on any atom is 0.181 e. The van der Waals surface area contributed by atoms with E-state index >= 15 is 0 Å². The molecule has 0 spiro atoms. The zero-order valence-electron chi connectivity index (χ0n) is 7.19. The normalized spacial score (nSPS) is 29.2. The van der Waals surface area contributed by atoms with E-state index in [1.54, 1.807) is 0 Å². The number of rotatable bonds is 0. The van der Waals surface area contributed by atoms with Crippen LogP contribution in [0.4, 0.5) is 0 Å². The van der Waals surface area contributed by atoms with Crippen molar-refractivity contribution >= 4 is 11.9 Å². The molecule has 0 fully saturated rings. The molecular weight excluding hydrogens is 166 g/mol. The van der Waals surface area contributed by atoms with Gasteiger partial charge in [0.05, 0.1) is 11.9 Å². The Labute approximate surface area is 75.4 Å². The Balaban J connectivity index is 2.13. The zero-order chi connectivity index (χ0) is 8.84. The molecule has 2 heterocycles. The van der Waals surface area contributed by atoms with Gasteiger partial charge in [-0.3, -0.25) is 4.99 Å². The van der Waals surface area contributed by atoms with Crippen LogP contribution in [-0.2, 0) is 0 Å². The number of nitrogens with one attached hydrogen (secondary N) is 1. The summed E-state index contributed by atoms with van der Waals surface area (Å²) in [6, 6.07) is 0.336. The molecule has 0 saturated carbocycles. The summed E-state index contributed by atoms with van der Waals surface area (Å²) in [6.07, 6.45) is 5.52. The Morgan fingerprint density at radius 1 is 1.54 bits per heavy atom. The summed E-state index contributed by atoms with van der Waals surface area (Å²) in [4.78, 5) is 8.54. The number of aliphatic imine (C=N–C) groups is 1. The van der Waals surface area contributed by atoms with Crippen molar-refractivity contribution in [3.05, 3.63) is 23.9 Å². The SMILES string of the molecule is CC1=NC2c3ocnc3C=CC2N1. The van der Waals surface area contributed by atoms with Gasteiger partial charge in [-0.25, -0.2) is 4.98 Å². The summed E-state index contributed by atoms with van der Waals surface area (Å²) < 4.78 is 5.31. The van der Waals surface area contributed by atoms with Gasteiger partial charge in [0.1, 0.15) is 11.7 Å². The van der Waals surface area contributed by atoms with Gasteiger partial charge in [-0.05, 0) is 13.0 Å². The van der Waals surface area contributed by atoms with E-state index in [9.17, 15) is 0 Å². The van der Waals surface area contributed by atoms with Crippen LogP contribution in [0.15, 0.2) is 21.9 Å². The number of fused-ring (bicyclic) bond motifs is 3. The average Bonchev–Trinajstić information content (AvgIpc) is 2.65. The molecule has 0 radical (unpaired) electrons. The van der Waals surface area contributed by atoms with Crippen LogP contribution in [0.1, 0.15) is 24.4 Å². The molecule has 0 bridgehead atoms. The van der Waals surface area contributed by atoms with Crippen molar-refractivity contribution in [1.29, 1.82) is 0 Å². The van der Waals surface area contributed by atoms with E-state index in [2.05, 4.69) is 21.4 Å². The minimum Gasteiger partial charge on any atom is -0.445 e. The van der Waals surface area contributed by atoms with E-state index in [-0.39, 0.29) is 12.1 Å². The van der Waals surface area contributed by atoms with Crippen molar-refractivity contribution in [3.63, 3.8) is 0 Å². The molecular formula is C9H9N3O. The Morgan fingerprint density at radius 2 is 2.46 bits per heavy atom. The monoisotopic (exact) mass is 175 g/mol. The topological polar surface area (TPSA) is 50.4 Å². The van der Waals surface area contributed by atoms with E-state index in [0.717, 1.165) is 17.3 Å². The maximum atomic E-state index is 5.31. The van der Waals surface area contributed by atoms with Gasteiger partial charge in [-0.2, -0.15) is 0 Å². The molecule has 4 heteroatoms. The summed E-state index contributed by atoms with van der Waals surface area (Å²) in [7, 11) is 0. The van der Waals surface area contributed by atoms with Crippen molar-refractivity contribution in [1.82, 2.24) is 10.3 Å². The van der Waals surface area contributed by atoms with Crippen LogP contribution < -0.4 is 5.32 Å². The first-order valence-corrected chi connectivity index (χ1v) is 4.27. The number of hydrogen-bond acceptors (Lipinski definition) is 4. The summed E-state index contributed by atoms with van der Waals surface area (Å²) >= 11 is 0. The fraction of sp³-hybridized carbons (Fsp3) is 0.333. The summed E-state index contributed by atoms with van der Waals surface area (Å²) in [6.45, 7) is 1.96. The first kappa shape index (κ1) is 6.88. The lowest BCUT2D eigenvalue weighted by Gasteiger charge is -2.16. The average molecular weight is 175 g/mol. The third-order valence-electron chi connectivity index (χ3n) is 2.40. The highest BCUT2D eigenvalue weighted by molar-refractivity contribution is 5.83. The Kier molecular flexibility index (Phi) is 1.17. The Morgan fingerprint density at radius 3 is 3.38 bits per heavy atom. The van der Waals surface area contributed by atoms with Gasteiger partial charge in [-0.15, -0.1) is 0 Å². The first-order valence-electron chi connectivity index (χ1n) is 4.27. The molecule has 0 saturated heterocycles. The van der Waals surface area contributed by atoms with Gasteiger partial charge >= 0.3 is 0 Å². The molecule has 3 rings (SSSR count). The second kappa shape index (κ2) is 2.22. The van der Waals surface area contributed by atoms with Crippen LogP contribution >= 0.6 is 0 Å². The minimum absolute atomic E-state index is 0.0856. The highest BCUT2D eigenvalue weighted by atomic mass is 16.3. The highest BCUT2D eigenvalue weighted by Gasteiger charge is 2.33. The van der Waals surface area contributed by atoms with Crippen molar-refractivity contribution in [2.45, 2.75) is 19.0 Å². The second-order valence-corrected chi connectivity index (χ2v) is 3.29. The van der Waals surface area contributed by atoms with Crippen LogP contribution in [0.2, 0.25) is 0 Å². The summed E-state index contributed by atoms with van der Waals surface area (Å²) in [5.41, 5.74) is 0.904. The molecule has 2 atom stereocenters. The highest BCUT2D eigenvalue weighted by Crippen LogP contribution is 2.32. The molecule has 1 aliphatic heterocycles. The summed E-state index contributed by atoms with van der Waals surface area (Å²) in [5.74, 6) is 1.83. The predicted molar refractivity (Wildman–Crippen MR) is 48.3 cm³/mol. The lowest BCUT2D eigenvalue weighted by Crippen LogP contribution is -2.29. The lowest BCUT2D eigenvalue weighted by atomic mass is 10.00. The van der Waals surface area contributed by atoms with Crippen LogP contribution in [0, 0.1) is 0 Å².